The number of piperidine rings is 1. The van der Waals surface area contributed by atoms with E-state index in [0.29, 0.717) is 23.7 Å². The van der Waals surface area contributed by atoms with Crippen molar-refractivity contribution in [2.45, 2.75) is 25.9 Å². The molecule has 32 heavy (non-hydrogen) atoms. The Kier molecular flexibility index (Phi) is 7.96. The molecule has 0 radical (unpaired) electrons. The van der Waals surface area contributed by atoms with Gasteiger partial charge in [-0.2, -0.15) is 11.3 Å². The number of hydrogen-bond acceptors (Lipinski definition) is 7. The second-order valence-electron chi connectivity index (χ2n) is 7.10. The summed E-state index contributed by atoms with van der Waals surface area (Å²) in [4.78, 5) is 52.0. The van der Waals surface area contributed by atoms with E-state index < -0.39 is 17.9 Å². The molecule has 0 bridgehead atoms. The van der Waals surface area contributed by atoms with Crippen molar-refractivity contribution in [1.82, 2.24) is 15.3 Å². The Labute approximate surface area is 189 Å². The maximum atomic E-state index is 12.7. The molecular formula is C22H25N3O6S. The van der Waals surface area contributed by atoms with E-state index in [1.54, 1.807) is 47.9 Å². The van der Waals surface area contributed by atoms with Crippen LogP contribution in [-0.4, -0.2) is 66.6 Å². The number of thiophene rings is 1. The fraction of sp³-hybridized carbons (Fsp3) is 0.364. The summed E-state index contributed by atoms with van der Waals surface area (Å²) in [7, 11) is 1.67. The monoisotopic (exact) mass is 459 g/mol. The molecule has 1 fully saturated rings. The number of carbonyl (C=O) groups is 4. The molecule has 4 amide bonds. The van der Waals surface area contributed by atoms with Crippen LogP contribution in [0.3, 0.4) is 0 Å². The highest BCUT2D eigenvalue weighted by Crippen LogP contribution is 2.16. The van der Waals surface area contributed by atoms with Crippen molar-refractivity contribution in [2.75, 3.05) is 26.8 Å². The summed E-state index contributed by atoms with van der Waals surface area (Å²) >= 11 is 1.29. The lowest BCUT2D eigenvalue weighted by Crippen LogP contribution is -2.50. The Balaban J connectivity index is 1.67. The third-order valence-corrected chi connectivity index (χ3v) is 5.77. The number of nitrogens with zero attached hydrogens (tertiary/aromatic N) is 2. The Morgan fingerprint density at radius 3 is 2.28 bits per heavy atom. The molecule has 1 saturated heterocycles. The van der Waals surface area contributed by atoms with E-state index in [0.717, 1.165) is 12.8 Å². The third-order valence-electron chi connectivity index (χ3n) is 5.09. The number of ether oxygens (including phenoxy) is 2. The molecule has 1 aromatic heterocycles. The number of rotatable bonds is 5. The van der Waals surface area contributed by atoms with Gasteiger partial charge in [-0.05, 0) is 55.5 Å². The van der Waals surface area contributed by atoms with Crippen LogP contribution in [0.1, 0.15) is 50.8 Å². The van der Waals surface area contributed by atoms with Crippen molar-refractivity contribution >= 4 is 35.2 Å². The molecule has 1 aliphatic heterocycles. The Bertz CT molecular complexity index is 953. The fourth-order valence-electron chi connectivity index (χ4n) is 3.29. The zero-order chi connectivity index (χ0) is 23.1. The van der Waals surface area contributed by atoms with E-state index in [1.165, 1.54) is 23.5 Å². The van der Waals surface area contributed by atoms with Gasteiger partial charge in [0.2, 0.25) is 0 Å². The largest absolute Gasteiger partial charge is 0.448 e. The third kappa shape index (κ3) is 5.51. The van der Waals surface area contributed by atoms with Gasteiger partial charge in [-0.25, -0.2) is 4.79 Å². The van der Waals surface area contributed by atoms with Crippen molar-refractivity contribution < 1.29 is 28.7 Å². The number of benzene rings is 1. The highest BCUT2D eigenvalue weighted by molar-refractivity contribution is 7.08. The Morgan fingerprint density at radius 2 is 1.72 bits per heavy atom. The van der Waals surface area contributed by atoms with Gasteiger partial charge in [0.15, 0.2) is 0 Å². The molecule has 0 unspecified atom stereocenters. The van der Waals surface area contributed by atoms with Crippen LogP contribution in [0.15, 0.2) is 41.1 Å². The normalized spacial score (nSPS) is 14.0. The predicted octanol–water partition coefficient (Wildman–Crippen LogP) is 2.94. The number of hydrazine groups is 1. The maximum absolute atomic E-state index is 12.7. The van der Waals surface area contributed by atoms with E-state index >= 15 is 0 Å². The molecule has 3 rings (SSSR count). The molecule has 0 aliphatic carbocycles. The molecule has 0 spiro atoms. The van der Waals surface area contributed by atoms with Crippen LogP contribution >= 0.6 is 11.3 Å². The van der Waals surface area contributed by atoms with Gasteiger partial charge in [-0.15, -0.1) is 5.01 Å². The fourth-order valence-corrected chi connectivity index (χ4v) is 3.92. The van der Waals surface area contributed by atoms with Crippen LogP contribution in [0.4, 0.5) is 4.79 Å². The van der Waals surface area contributed by atoms with Crippen molar-refractivity contribution in [3.63, 3.8) is 0 Å². The number of hydrogen-bond donors (Lipinski definition) is 1. The maximum Gasteiger partial charge on any atom is 0.436 e. The van der Waals surface area contributed by atoms with Gasteiger partial charge in [0.05, 0.1) is 18.3 Å². The highest BCUT2D eigenvalue weighted by Gasteiger charge is 2.28. The minimum absolute atomic E-state index is 0.0422. The second kappa shape index (κ2) is 10.9. The van der Waals surface area contributed by atoms with Gasteiger partial charge in [-0.3, -0.25) is 19.8 Å². The summed E-state index contributed by atoms with van der Waals surface area (Å²) in [6.45, 7) is 2.86. The topological polar surface area (TPSA) is 105 Å². The van der Waals surface area contributed by atoms with Gasteiger partial charge in [0.1, 0.15) is 0 Å². The van der Waals surface area contributed by atoms with Gasteiger partial charge in [-0.1, -0.05) is 0 Å². The number of imide groups is 1. The summed E-state index contributed by atoms with van der Waals surface area (Å²) in [5.41, 5.74) is 3.19. The summed E-state index contributed by atoms with van der Waals surface area (Å²) in [6, 6.07) is 7.59. The average molecular weight is 460 g/mol. The molecule has 0 saturated carbocycles. The molecule has 2 aromatic rings. The Hall–Kier alpha value is -3.24. The predicted molar refractivity (Wildman–Crippen MR) is 117 cm³/mol. The molecule has 2 heterocycles. The van der Waals surface area contributed by atoms with Gasteiger partial charge in [0.25, 0.3) is 17.7 Å². The standard InChI is InChI=1S/C22H25N3O6S/c1-3-31-22(29)25(21(28)17-10-13-32-14-17)23-19(26)15-4-6-16(7-5-15)20(27)24-11-8-18(30-2)9-12-24/h4-7,10,13-14,18H,3,8-9,11-12H2,1-2H3,(H,23,26). The minimum atomic E-state index is -0.983. The lowest BCUT2D eigenvalue weighted by Gasteiger charge is -2.31. The van der Waals surface area contributed by atoms with E-state index in [4.69, 9.17) is 9.47 Å². The smallest absolute Gasteiger partial charge is 0.436 e. The van der Waals surface area contributed by atoms with Crippen molar-refractivity contribution in [3.8, 4) is 0 Å². The number of amides is 4. The molecule has 10 heteroatoms. The van der Waals surface area contributed by atoms with Crippen molar-refractivity contribution in [3.05, 3.63) is 57.8 Å². The van der Waals surface area contributed by atoms with Gasteiger partial charge in [0, 0.05) is 36.7 Å². The van der Waals surface area contributed by atoms with Crippen LogP contribution < -0.4 is 5.43 Å². The molecule has 1 aromatic carbocycles. The van der Waals surface area contributed by atoms with Crippen LogP contribution in [0.25, 0.3) is 0 Å². The second-order valence-corrected chi connectivity index (χ2v) is 7.88. The number of carbonyl (C=O) groups excluding carboxylic acids is 4. The number of methoxy groups -OCH3 is 1. The summed E-state index contributed by atoms with van der Waals surface area (Å²) in [5, 5.41) is 3.80. The van der Waals surface area contributed by atoms with Crippen molar-refractivity contribution in [2.24, 2.45) is 0 Å². The molecular weight excluding hydrogens is 434 g/mol. The first-order valence-corrected chi connectivity index (χ1v) is 11.1. The Morgan fingerprint density at radius 1 is 1.06 bits per heavy atom. The zero-order valence-corrected chi connectivity index (χ0v) is 18.7. The van der Waals surface area contributed by atoms with Crippen LogP contribution in [0, 0.1) is 0 Å². The lowest BCUT2D eigenvalue weighted by atomic mass is 10.1. The minimum Gasteiger partial charge on any atom is -0.448 e. The summed E-state index contributed by atoms with van der Waals surface area (Å²) in [6.07, 6.45) is 0.752. The van der Waals surface area contributed by atoms with Gasteiger partial charge >= 0.3 is 6.09 Å². The van der Waals surface area contributed by atoms with Crippen LogP contribution in [0.2, 0.25) is 0 Å². The van der Waals surface area contributed by atoms with Crippen LogP contribution in [-0.2, 0) is 9.47 Å². The van der Waals surface area contributed by atoms with Gasteiger partial charge < -0.3 is 14.4 Å². The SMILES string of the molecule is CCOC(=O)N(NC(=O)c1ccc(C(=O)N2CCC(OC)CC2)cc1)C(=O)c1ccsc1. The molecule has 170 valence electrons. The van der Waals surface area contributed by atoms with E-state index in [-0.39, 0.29) is 29.7 Å². The summed E-state index contributed by atoms with van der Waals surface area (Å²) < 4.78 is 10.2. The van der Waals surface area contributed by atoms with E-state index in [1.807, 2.05) is 0 Å². The lowest BCUT2D eigenvalue weighted by molar-refractivity contribution is 0.0350. The first-order valence-electron chi connectivity index (χ1n) is 10.2. The zero-order valence-electron chi connectivity index (χ0n) is 17.9. The molecule has 0 atom stereocenters. The first-order chi connectivity index (χ1) is 15.4. The molecule has 1 aliphatic rings. The average Bonchev–Trinajstić information content (AvgIpc) is 3.37. The van der Waals surface area contributed by atoms with Crippen LogP contribution in [0.5, 0.6) is 0 Å². The summed E-state index contributed by atoms with van der Waals surface area (Å²) in [5.74, 6) is -1.50. The number of likely N-dealkylation sites (tertiary alicyclic amines) is 1. The quantitative estimate of drug-likeness (QED) is 0.690. The highest BCUT2D eigenvalue weighted by atomic mass is 32.1. The molecule has 9 nitrogen and oxygen atoms in total. The van der Waals surface area contributed by atoms with E-state index in [9.17, 15) is 19.2 Å². The molecule has 1 N–H and O–H groups in total. The first kappa shape index (κ1) is 23.4. The van der Waals surface area contributed by atoms with Crippen molar-refractivity contribution in [1.29, 1.82) is 0 Å². The van der Waals surface area contributed by atoms with E-state index in [2.05, 4.69) is 5.43 Å². The number of nitrogens with one attached hydrogen (secondary N) is 1.